The van der Waals surface area contributed by atoms with Crippen molar-refractivity contribution in [1.82, 2.24) is 9.55 Å². The second kappa shape index (κ2) is 6.05. The third-order valence-corrected chi connectivity index (χ3v) is 2.74. The van der Waals surface area contributed by atoms with Gasteiger partial charge in [-0.25, -0.2) is 4.98 Å². The van der Waals surface area contributed by atoms with Crippen LogP contribution in [0.25, 0.3) is 0 Å². The lowest BCUT2D eigenvalue weighted by atomic mass is 10.3. The monoisotopic (exact) mass is 200 g/mol. The van der Waals surface area contributed by atoms with Gasteiger partial charge in [-0.15, -0.1) is 0 Å². The molecule has 0 bridgehead atoms. The topological polar surface area (TPSA) is 38.0 Å². The lowest BCUT2D eigenvalue weighted by Gasteiger charge is -2.04. The number of unbranched alkanes of at least 4 members (excludes halogenated alkanes) is 1. The molecule has 0 unspecified atom stereocenters. The minimum atomic E-state index is 0.214. The van der Waals surface area contributed by atoms with Crippen molar-refractivity contribution in [1.29, 1.82) is 0 Å². The Bertz CT molecular complexity index is 215. The molecule has 4 heteroatoms. The van der Waals surface area contributed by atoms with E-state index in [1.807, 2.05) is 12.4 Å². The van der Waals surface area contributed by atoms with Crippen molar-refractivity contribution in [2.75, 3.05) is 12.4 Å². The van der Waals surface area contributed by atoms with Crippen LogP contribution in [0.15, 0.2) is 17.6 Å². The number of hydrogen-bond donors (Lipinski definition) is 1. The van der Waals surface area contributed by atoms with Gasteiger partial charge in [0.1, 0.15) is 0 Å². The highest BCUT2D eigenvalue weighted by Gasteiger charge is 2.01. The second-order valence-electron chi connectivity index (χ2n) is 2.83. The number of rotatable bonds is 6. The number of aromatic nitrogens is 2. The molecule has 1 rings (SSSR count). The van der Waals surface area contributed by atoms with Crippen LogP contribution in [0.2, 0.25) is 0 Å². The summed E-state index contributed by atoms with van der Waals surface area (Å²) in [6.45, 7) is 3.42. The summed E-state index contributed by atoms with van der Waals surface area (Å²) >= 11 is 1.61. The Kier molecular flexibility index (Phi) is 4.93. The van der Waals surface area contributed by atoms with Gasteiger partial charge in [-0.05, 0) is 6.42 Å². The molecule has 1 N–H and O–H groups in total. The van der Waals surface area contributed by atoms with Gasteiger partial charge >= 0.3 is 0 Å². The van der Waals surface area contributed by atoms with E-state index in [9.17, 15) is 0 Å². The number of aliphatic hydroxyl groups excluding tert-OH is 1. The SMILES string of the molecule is CCCCn1ccnc1SCCO. The smallest absolute Gasteiger partial charge is 0.168 e. The molecule has 13 heavy (non-hydrogen) atoms. The molecule has 3 nitrogen and oxygen atoms in total. The summed E-state index contributed by atoms with van der Waals surface area (Å²) in [5.41, 5.74) is 0. The normalized spacial score (nSPS) is 10.6. The minimum absolute atomic E-state index is 0.214. The third kappa shape index (κ3) is 3.40. The molecule has 1 aromatic heterocycles. The Hall–Kier alpha value is -0.480. The van der Waals surface area contributed by atoms with Crippen molar-refractivity contribution in [3.8, 4) is 0 Å². The maximum Gasteiger partial charge on any atom is 0.168 e. The Morgan fingerprint density at radius 3 is 3.15 bits per heavy atom. The van der Waals surface area contributed by atoms with Gasteiger partial charge in [0.25, 0.3) is 0 Å². The fourth-order valence-electron chi connectivity index (χ4n) is 1.07. The summed E-state index contributed by atoms with van der Waals surface area (Å²) < 4.78 is 2.14. The molecule has 74 valence electrons. The van der Waals surface area contributed by atoms with Crippen LogP contribution in [0.4, 0.5) is 0 Å². The molecule has 1 aromatic rings. The first-order valence-corrected chi connectivity index (χ1v) is 5.61. The zero-order valence-electron chi connectivity index (χ0n) is 7.94. The number of nitrogens with zero attached hydrogens (tertiary/aromatic N) is 2. The summed E-state index contributed by atoms with van der Waals surface area (Å²) in [5, 5.41) is 9.69. The molecule has 0 fully saturated rings. The lowest BCUT2D eigenvalue weighted by molar-refractivity contribution is 0.322. The number of imidazole rings is 1. The average molecular weight is 200 g/mol. The molecule has 1 heterocycles. The lowest BCUT2D eigenvalue weighted by Crippen LogP contribution is -1.99. The molecule has 0 spiro atoms. The molecule has 0 saturated carbocycles. The Labute approximate surface area is 83.2 Å². The Morgan fingerprint density at radius 2 is 2.46 bits per heavy atom. The van der Waals surface area contributed by atoms with Crippen LogP contribution in [0, 0.1) is 0 Å². The number of aliphatic hydroxyl groups is 1. The summed E-state index contributed by atoms with van der Waals surface area (Å²) in [4.78, 5) is 4.22. The van der Waals surface area contributed by atoms with Gasteiger partial charge in [-0.1, -0.05) is 25.1 Å². The van der Waals surface area contributed by atoms with Gasteiger partial charge in [0.2, 0.25) is 0 Å². The van der Waals surface area contributed by atoms with Crippen LogP contribution in [-0.2, 0) is 6.54 Å². The number of thioether (sulfide) groups is 1. The molecule has 0 aromatic carbocycles. The van der Waals surface area contributed by atoms with Crippen LogP contribution in [-0.4, -0.2) is 27.0 Å². The molecule has 0 amide bonds. The van der Waals surface area contributed by atoms with Gasteiger partial charge in [-0.3, -0.25) is 0 Å². The van der Waals surface area contributed by atoms with E-state index in [0.717, 1.165) is 17.5 Å². The summed E-state index contributed by atoms with van der Waals surface area (Å²) in [7, 11) is 0. The van der Waals surface area contributed by atoms with Crippen molar-refractivity contribution in [3.63, 3.8) is 0 Å². The van der Waals surface area contributed by atoms with E-state index in [-0.39, 0.29) is 6.61 Å². The van der Waals surface area contributed by atoms with Crippen LogP contribution in [0.5, 0.6) is 0 Å². The highest BCUT2D eigenvalue weighted by Crippen LogP contribution is 2.15. The summed E-state index contributed by atoms with van der Waals surface area (Å²) in [6.07, 6.45) is 6.19. The Morgan fingerprint density at radius 1 is 1.62 bits per heavy atom. The number of aryl methyl sites for hydroxylation is 1. The van der Waals surface area contributed by atoms with Gasteiger partial charge in [-0.2, -0.15) is 0 Å². The van der Waals surface area contributed by atoms with Crippen molar-refractivity contribution in [2.24, 2.45) is 0 Å². The first-order valence-electron chi connectivity index (χ1n) is 4.63. The van der Waals surface area contributed by atoms with Crippen molar-refractivity contribution in [2.45, 2.75) is 31.5 Å². The maximum absolute atomic E-state index is 8.67. The van der Waals surface area contributed by atoms with E-state index in [0.29, 0.717) is 0 Å². The van der Waals surface area contributed by atoms with Crippen LogP contribution >= 0.6 is 11.8 Å². The molecule has 0 radical (unpaired) electrons. The molecular formula is C9H16N2OS. The van der Waals surface area contributed by atoms with Crippen LogP contribution in [0.1, 0.15) is 19.8 Å². The zero-order valence-corrected chi connectivity index (χ0v) is 8.76. The quantitative estimate of drug-likeness (QED) is 0.711. The standard InChI is InChI=1S/C9H16N2OS/c1-2-3-5-11-6-4-10-9(11)13-8-7-12/h4,6,12H,2-3,5,7-8H2,1H3. The van der Waals surface area contributed by atoms with E-state index in [4.69, 9.17) is 5.11 Å². The fourth-order valence-corrected chi connectivity index (χ4v) is 1.80. The molecule has 0 aliphatic heterocycles. The fraction of sp³-hybridized carbons (Fsp3) is 0.667. The predicted octanol–water partition coefficient (Wildman–Crippen LogP) is 1.77. The maximum atomic E-state index is 8.67. The van der Waals surface area contributed by atoms with Crippen molar-refractivity contribution >= 4 is 11.8 Å². The first-order chi connectivity index (χ1) is 6.38. The van der Waals surface area contributed by atoms with E-state index in [1.165, 1.54) is 12.8 Å². The van der Waals surface area contributed by atoms with Crippen molar-refractivity contribution in [3.05, 3.63) is 12.4 Å². The third-order valence-electron chi connectivity index (χ3n) is 1.75. The van der Waals surface area contributed by atoms with Gasteiger partial charge < -0.3 is 9.67 Å². The van der Waals surface area contributed by atoms with Gasteiger partial charge in [0.05, 0.1) is 6.61 Å². The Balaban J connectivity index is 2.45. The molecule has 0 aliphatic carbocycles. The van der Waals surface area contributed by atoms with E-state index in [2.05, 4.69) is 16.5 Å². The van der Waals surface area contributed by atoms with Crippen molar-refractivity contribution < 1.29 is 5.11 Å². The minimum Gasteiger partial charge on any atom is -0.396 e. The molecule has 0 aliphatic rings. The van der Waals surface area contributed by atoms with Gasteiger partial charge in [0, 0.05) is 24.7 Å². The average Bonchev–Trinajstić information content (AvgIpc) is 2.59. The number of hydrogen-bond acceptors (Lipinski definition) is 3. The molecule has 0 saturated heterocycles. The van der Waals surface area contributed by atoms with E-state index >= 15 is 0 Å². The second-order valence-corrected chi connectivity index (χ2v) is 3.89. The van der Waals surface area contributed by atoms with Crippen LogP contribution < -0.4 is 0 Å². The predicted molar refractivity (Wildman–Crippen MR) is 54.9 cm³/mol. The van der Waals surface area contributed by atoms with Gasteiger partial charge in [0.15, 0.2) is 5.16 Å². The van der Waals surface area contributed by atoms with Crippen LogP contribution in [0.3, 0.4) is 0 Å². The first kappa shape index (κ1) is 10.6. The molecular weight excluding hydrogens is 184 g/mol. The van der Waals surface area contributed by atoms with E-state index < -0.39 is 0 Å². The summed E-state index contributed by atoms with van der Waals surface area (Å²) in [6, 6.07) is 0. The highest BCUT2D eigenvalue weighted by atomic mass is 32.2. The largest absolute Gasteiger partial charge is 0.396 e. The van der Waals surface area contributed by atoms with E-state index in [1.54, 1.807) is 11.8 Å². The zero-order chi connectivity index (χ0) is 9.52. The highest BCUT2D eigenvalue weighted by molar-refractivity contribution is 7.99. The molecule has 0 atom stereocenters. The summed E-state index contributed by atoms with van der Waals surface area (Å²) in [5.74, 6) is 0.725.